The molecule has 0 saturated heterocycles. The van der Waals surface area contributed by atoms with Crippen LogP contribution < -0.4 is 0 Å². The molecule has 0 radical (unpaired) electrons. The Morgan fingerprint density at radius 2 is 2.11 bits per heavy atom. The molecule has 0 spiro atoms. The van der Waals surface area contributed by atoms with Crippen LogP contribution in [0.5, 0.6) is 0 Å². The van der Waals surface area contributed by atoms with Gasteiger partial charge in [-0.25, -0.2) is 9.18 Å². The molecule has 0 amide bonds. The fraction of sp³-hybridized carbons (Fsp3) is 0.0714. The molecule has 19 heavy (non-hydrogen) atoms. The van der Waals surface area contributed by atoms with Gasteiger partial charge >= 0.3 is 5.97 Å². The van der Waals surface area contributed by atoms with Gasteiger partial charge in [-0.2, -0.15) is 0 Å². The van der Waals surface area contributed by atoms with E-state index in [0.29, 0.717) is 10.6 Å². The third-order valence-corrected chi connectivity index (χ3v) is 4.61. The summed E-state index contributed by atoms with van der Waals surface area (Å²) in [5.74, 6) is -0.502. The van der Waals surface area contributed by atoms with Crippen molar-refractivity contribution >= 4 is 35.1 Å². The molecule has 1 N–H and O–H groups in total. The lowest BCUT2D eigenvalue weighted by molar-refractivity contribution is -0.131. The van der Waals surface area contributed by atoms with Crippen molar-refractivity contribution in [3.63, 3.8) is 0 Å². The van der Waals surface area contributed by atoms with Gasteiger partial charge < -0.3 is 5.11 Å². The standard InChI is InChI=1S/C14H11FO2S2/c15-12-3-1-2-4-13(12)18-9-11-6-5-10(19-11)7-8-14(16)17/h1-8H,9H2,(H,16,17). The highest BCUT2D eigenvalue weighted by Gasteiger charge is 2.03. The van der Waals surface area contributed by atoms with Crippen molar-refractivity contribution in [2.75, 3.05) is 0 Å². The maximum atomic E-state index is 13.4. The topological polar surface area (TPSA) is 37.3 Å². The highest BCUT2D eigenvalue weighted by atomic mass is 32.2. The van der Waals surface area contributed by atoms with E-state index in [1.807, 2.05) is 12.1 Å². The van der Waals surface area contributed by atoms with E-state index < -0.39 is 5.97 Å². The number of thiophene rings is 1. The second-order valence-corrected chi connectivity index (χ2v) is 5.91. The zero-order valence-corrected chi connectivity index (χ0v) is 11.5. The summed E-state index contributed by atoms with van der Waals surface area (Å²) < 4.78 is 13.4. The Morgan fingerprint density at radius 1 is 1.32 bits per heavy atom. The molecule has 5 heteroatoms. The Hall–Kier alpha value is -1.59. The predicted octanol–water partition coefficient (Wildman–Crippen LogP) is 4.28. The van der Waals surface area contributed by atoms with Crippen LogP contribution in [0.15, 0.2) is 47.4 Å². The molecule has 1 aromatic heterocycles. The van der Waals surface area contributed by atoms with E-state index in [1.165, 1.54) is 29.2 Å². The number of rotatable bonds is 5. The highest BCUT2D eigenvalue weighted by molar-refractivity contribution is 7.98. The van der Waals surface area contributed by atoms with Crippen molar-refractivity contribution in [3.05, 3.63) is 58.0 Å². The summed E-state index contributed by atoms with van der Waals surface area (Å²) in [5, 5.41) is 8.54. The zero-order valence-electron chi connectivity index (χ0n) is 9.88. The van der Waals surface area contributed by atoms with E-state index in [1.54, 1.807) is 24.3 Å². The second kappa shape index (κ2) is 6.54. The number of carboxylic acid groups (broad SMARTS) is 1. The van der Waals surface area contributed by atoms with Crippen LogP contribution in [0.4, 0.5) is 4.39 Å². The second-order valence-electron chi connectivity index (χ2n) is 3.69. The number of aliphatic carboxylic acids is 1. The molecule has 1 aromatic carbocycles. The summed E-state index contributed by atoms with van der Waals surface area (Å²) in [6, 6.07) is 10.5. The average molecular weight is 294 g/mol. The van der Waals surface area contributed by atoms with Crippen LogP contribution in [0.1, 0.15) is 9.75 Å². The van der Waals surface area contributed by atoms with Crippen molar-refractivity contribution in [3.8, 4) is 0 Å². The Labute approximate surface area is 118 Å². The highest BCUT2D eigenvalue weighted by Crippen LogP contribution is 2.28. The quantitative estimate of drug-likeness (QED) is 0.660. The number of hydrogen-bond acceptors (Lipinski definition) is 3. The molecule has 0 atom stereocenters. The van der Waals surface area contributed by atoms with Crippen molar-refractivity contribution in [1.82, 2.24) is 0 Å². The Morgan fingerprint density at radius 3 is 2.84 bits per heavy atom. The summed E-state index contributed by atoms with van der Waals surface area (Å²) in [5.41, 5.74) is 0. The fourth-order valence-electron chi connectivity index (χ4n) is 1.43. The average Bonchev–Trinajstić information content (AvgIpc) is 2.83. The van der Waals surface area contributed by atoms with Gasteiger partial charge in [0.2, 0.25) is 0 Å². The predicted molar refractivity (Wildman–Crippen MR) is 76.9 cm³/mol. The lowest BCUT2D eigenvalue weighted by atomic mass is 10.3. The lowest BCUT2D eigenvalue weighted by Crippen LogP contribution is -1.84. The van der Waals surface area contributed by atoms with Gasteiger partial charge in [-0.1, -0.05) is 12.1 Å². The number of halogens is 1. The minimum atomic E-state index is -0.962. The third-order valence-electron chi connectivity index (χ3n) is 2.28. The number of benzene rings is 1. The van der Waals surface area contributed by atoms with Crippen LogP contribution in [-0.2, 0) is 10.5 Å². The van der Waals surface area contributed by atoms with Gasteiger partial charge in [0.25, 0.3) is 0 Å². The summed E-state index contributed by atoms with van der Waals surface area (Å²) >= 11 is 2.94. The first-order valence-electron chi connectivity index (χ1n) is 5.52. The first-order valence-corrected chi connectivity index (χ1v) is 7.32. The van der Waals surface area contributed by atoms with Crippen molar-refractivity contribution < 1.29 is 14.3 Å². The number of thioether (sulfide) groups is 1. The lowest BCUT2D eigenvalue weighted by Gasteiger charge is -2.00. The summed E-state index contributed by atoms with van der Waals surface area (Å²) in [4.78, 5) is 13.0. The van der Waals surface area contributed by atoms with E-state index in [-0.39, 0.29) is 5.82 Å². The van der Waals surface area contributed by atoms with Crippen molar-refractivity contribution in [2.45, 2.75) is 10.6 Å². The summed E-state index contributed by atoms with van der Waals surface area (Å²) in [7, 11) is 0. The molecule has 0 unspecified atom stereocenters. The van der Waals surface area contributed by atoms with Gasteiger partial charge in [-0.3, -0.25) is 0 Å². The van der Waals surface area contributed by atoms with Gasteiger partial charge in [0.1, 0.15) is 5.82 Å². The molecule has 0 fully saturated rings. The van der Waals surface area contributed by atoms with Gasteiger partial charge in [0, 0.05) is 26.5 Å². The molecule has 2 aromatic rings. The summed E-state index contributed by atoms with van der Waals surface area (Å²) in [6.45, 7) is 0. The van der Waals surface area contributed by atoms with Gasteiger partial charge in [0.15, 0.2) is 0 Å². The van der Waals surface area contributed by atoms with E-state index in [9.17, 15) is 9.18 Å². The fourth-order valence-corrected chi connectivity index (χ4v) is 3.32. The van der Waals surface area contributed by atoms with Gasteiger partial charge in [-0.15, -0.1) is 23.1 Å². The van der Waals surface area contributed by atoms with E-state index in [4.69, 9.17) is 5.11 Å². The van der Waals surface area contributed by atoms with Gasteiger partial charge in [-0.05, 0) is 30.3 Å². The van der Waals surface area contributed by atoms with Crippen LogP contribution in [0.25, 0.3) is 6.08 Å². The normalized spacial score (nSPS) is 11.0. The van der Waals surface area contributed by atoms with Crippen LogP contribution in [0.3, 0.4) is 0 Å². The molecule has 0 saturated carbocycles. The first kappa shape index (κ1) is 13.8. The van der Waals surface area contributed by atoms with E-state index in [2.05, 4.69) is 0 Å². The zero-order chi connectivity index (χ0) is 13.7. The van der Waals surface area contributed by atoms with Crippen LogP contribution >= 0.6 is 23.1 Å². The minimum Gasteiger partial charge on any atom is -0.478 e. The van der Waals surface area contributed by atoms with Crippen LogP contribution in [-0.4, -0.2) is 11.1 Å². The largest absolute Gasteiger partial charge is 0.478 e. The number of hydrogen-bond donors (Lipinski definition) is 1. The Balaban J connectivity index is 1.97. The Bertz CT molecular complexity index is 605. The summed E-state index contributed by atoms with van der Waals surface area (Å²) in [6.07, 6.45) is 2.67. The maximum absolute atomic E-state index is 13.4. The minimum absolute atomic E-state index is 0.213. The number of carboxylic acids is 1. The number of carbonyl (C=O) groups is 1. The monoisotopic (exact) mass is 294 g/mol. The first-order chi connectivity index (χ1) is 9.15. The Kier molecular flexibility index (Phi) is 4.76. The molecule has 2 rings (SSSR count). The van der Waals surface area contributed by atoms with Crippen molar-refractivity contribution in [1.29, 1.82) is 0 Å². The molecular weight excluding hydrogens is 283 g/mol. The molecule has 98 valence electrons. The van der Waals surface area contributed by atoms with E-state index in [0.717, 1.165) is 15.8 Å². The smallest absolute Gasteiger partial charge is 0.328 e. The van der Waals surface area contributed by atoms with Crippen LogP contribution in [0, 0.1) is 5.82 Å². The molecule has 0 bridgehead atoms. The molecule has 1 heterocycles. The molecule has 0 aliphatic heterocycles. The molecular formula is C14H11FO2S2. The van der Waals surface area contributed by atoms with Gasteiger partial charge in [0.05, 0.1) is 0 Å². The van der Waals surface area contributed by atoms with E-state index >= 15 is 0 Å². The maximum Gasteiger partial charge on any atom is 0.328 e. The van der Waals surface area contributed by atoms with Crippen molar-refractivity contribution in [2.24, 2.45) is 0 Å². The van der Waals surface area contributed by atoms with Crippen LogP contribution in [0.2, 0.25) is 0 Å². The molecule has 0 aliphatic rings. The molecule has 2 nitrogen and oxygen atoms in total. The SMILES string of the molecule is O=C(O)C=Cc1ccc(CSc2ccccc2F)s1. The molecule has 0 aliphatic carbocycles. The third kappa shape index (κ3) is 4.22.